The number of halogens is 1. The predicted octanol–water partition coefficient (Wildman–Crippen LogP) is 7.77. The van der Waals surface area contributed by atoms with Crippen LogP contribution in [0, 0.1) is 19.7 Å². The van der Waals surface area contributed by atoms with Gasteiger partial charge >= 0.3 is 11.9 Å². The fourth-order valence-electron chi connectivity index (χ4n) is 6.45. The molecule has 49 heavy (non-hydrogen) atoms. The van der Waals surface area contributed by atoms with Gasteiger partial charge in [-0.25, -0.2) is 23.9 Å². The summed E-state index contributed by atoms with van der Waals surface area (Å²) in [6, 6.07) is 16.3. The van der Waals surface area contributed by atoms with E-state index >= 15 is 4.39 Å². The van der Waals surface area contributed by atoms with Crippen LogP contribution in [-0.2, 0) is 39.1 Å². The highest BCUT2D eigenvalue weighted by molar-refractivity contribution is 6.01. The smallest absolute Gasteiger partial charge is 0.357 e. The van der Waals surface area contributed by atoms with Crippen molar-refractivity contribution in [2.75, 3.05) is 13.7 Å². The maximum atomic E-state index is 15.8. The second kappa shape index (κ2) is 13.4. The number of hydrogen-bond donors (Lipinski definition) is 0. The number of aromatic nitrogens is 3. The Morgan fingerprint density at radius 1 is 1.08 bits per heavy atom. The molecule has 1 atom stereocenters. The lowest BCUT2D eigenvalue weighted by molar-refractivity contribution is -0.164. The number of methoxy groups -OCH3 is 1. The van der Waals surface area contributed by atoms with E-state index in [1.165, 1.54) is 13.2 Å². The first-order chi connectivity index (χ1) is 23.4. The lowest BCUT2D eigenvalue weighted by Gasteiger charge is -2.29. The molecule has 10 heteroatoms. The Labute approximate surface area is 285 Å². The number of carbonyl (C=O) groups is 2. The standard InChI is InChI=1S/C39H40FN3O6/c1-22-26-14-11-17-47-34(26)29(40)19-27(22)33-28-20-31(25-15-16-41-30(18-25)37(44)48-21-24-12-9-8-10-13-24)43(6)36(28)42-23(2)32(33)35(38(45)46-7)49-39(3,4)5/h8-10,12-13,15-16,18-20,35H,11,14,17,21H2,1-7H3. The van der Waals surface area contributed by atoms with Crippen LogP contribution in [0.25, 0.3) is 33.4 Å². The molecule has 0 amide bonds. The van der Waals surface area contributed by atoms with Gasteiger partial charge in [-0.15, -0.1) is 0 Å². The number of pyridine rings is 2. The van der Waals surface area contributed by atoms with Gasteiger partial charge in [-0.1, -0.05) is 30.3 Å². The summed E-state index contributed by atoms with van der Waals surface area (Å²) >= 11 is 0. The molecule has 0 spiro atoms. The van der Waals surface area contributed by atoms with Gasteiger partial charge in [0, 0.05) is 46.6 Å². The van der Waals surface area contributed by atoms with Gasteiger partial charge in [-0.2, -0.15) is 0 Å². The second-order valence-corrected chi connectivity index (χ2v) is 13.2. The van der Waals surface area contributed by atoms with E-state index in [1.54, 1.807) is 18.3 Å². The van der Waals surface area contributed by atoms with Crippen LogP contribution in [0.5, 0.6) is 5.75 Å². The predicted molar refractivity (Wildman–Crippen MR) is 184 cm³/mol. The Kier molecular flexibility index (Phi) is 9.26. The number of esters is 2. The minimum atomic E-state index is -1.15. The lowest BCUT2D eigenvalue weighted by Crippen LogP contribution is -2.29. The number of fused-ring (bicyclic) bond motifs is 2. The third-order valence-electron chi connectivity index (χ3n) is 8.74. The third kappa shape index (κ3) is 6.65. The summed E-state index contributed by atoms with van der Waals surface area (Å²) < 4.78 is 40.7. The summed E-state index contributed by atoms with van der Waals surface area (Å²) in [4.78, 5) is 35.8. The highest BCUT2D eigenvalue weighted by Crippen LogP contribution is 2.45. The average molecular weight is 666 g/mol. The molecule has 1 unspecified atom stereocenters. The van der Waals surface area contributed by atoms with Crippen LogP contribution >= 0.6 is 0 Å². The van der Waals surface area contributed by atoms with Crippen LogP contribution in [0.2, 0.25) is 0 Å². The van der Waals surface area contributed by atoms with Crippen molar-refractivity contribution in [3.05, 3.63) is 100 Å². The Hall–Kier alpha value is -5.09. The molecule has 0 saturated heterocycles. The SMILES string of the molecule is COC(=O)C(OC(C)(C)C)c1c(C)nc2c(cc(-c3ccnc(C(=O)OCc4ccccc4)c3)n2C)c1-c1cc(F)c2c(c1C)CCCO2. The van der Waals surface area contributed by atoms with Crippen LogP contribution < -0.4 is 4.74 Å². The van der Waals surface area contributed by atoms with Gasteiger partial charge in [0.1, 0.15) is 17.9 Å². The number of carbonyl (C=O) groups excluding carboxylic acids is 2. The van der Waals surface area contributed by atoms with Crippen LogP contribution in [0.15, 0.2) is 60.8 Å². The number of rotatable bonds is 8. The summed E-state index contributed by atoms with van der Waals surface area (Å²) in [6.45, 7) is 9.91. The lowest BCUT2D eigenvalue weighted by atomic mass is 9.86. The molecule has 2 aromatic carbocycles. The number of ether oxygens (including phenoxy) is 4. The molecule has 9 nitrogen and oxygen atoms in total. The van der Waals surface area contributed by atoms with Crippen molar-refractivity contribution in [2.24, 2.45) is 7.05 Å². The van der Waals surface area contributed by atoms with E-state index in [0.717, 1.165) is 28.8 Å². The van der Waals surface area contributed by atoms with Gasteiger partial charge in [0.15, 0.2) is 17.7 Å². The molecule has 1 aliphatic heterocycles. The third-order valence-corrected chi connectivity index (χ3v) is 8.74. The average Bonchev–Trinajstić information content (AvgIpc) is 3.42. The number of hydrogen-bond acceptors (Lipinski definition) is 8. The molecule has 0 aliphatic carbocycles. The molecule has 6 rings (SSSR count). The van der Waals surface area contributed by atoms with E-state index in [1.807, 2.05) is 82.6 Å². The zero-order valence-corrected chi connectivity index (χ0v) is 28.8. The van der Waals surface area contributed by atoms with Gasteiger partial charge in [-0.05, 0) is 88.4 Å². The minimum absolute atomic E-state index is 0.120. The maximum absolute atomic E-state index is 15.8. The largest absolute Gasteiger partial charge is 0.490 e. The minimum Gasteiger partial charge on any atom is -0.490 e. The first kappa shape index (κ1) is 33.8. The molecular formula is C39H40FN3O6. The van der Waals surface area contributed by atoms with E-state index in [-0.39, 0.29) is 18.1 Å². The van der Waals surface area contributed by atoms with Crippen molar-refractivity contribution < 1.29 is 32.9 Å². The van der Waals surface area contributed by atoms with E-state index in [0.29, 0.717) is 52.0 Å². The summed E-state index contributed by atoms with van der Waals surface area (Å²) in [5.41, 5.74) is 6.21. The van der Waals surface area contributed by atoms with E-state index in [4.69, 9.17) is 23.9 Å². The summed E-state index contributed by atoms with van der Waals surface area (Å²) in [5.74, 6) is -1.35. The quantitative estimate of drug-likeness (QED) is 0.155. The molecular weight excluding hydrogens is 625 g/mol. The molecule has 0 N–H and O–H groups in total. The molecule has 3 aromatic heterocycles. The van der Waals surface area contributed by atoms with Gasteiger partial charge in [0.2, 0.25) is 0 Å². The molecule has 1 aliphatic rings. The van der Waals surface area contributed by atoms with Gasteiger partial charge < -0.3 is 23.5 Å². The zero-order chi connectivity index (χ0) is 35.0. The molecule has 254 valence electrons. The van der Waals surface area contributed by atoms with E-state index in [9.17, 15) is 9.59 Å². The van der Waals surface area contributed by atoms with Crippen molar-refractivity contribution >= 4 is 23.0 Å². The fraction of sp³-hybridized carbons (Fsp3) is 0.333. The highest BCUT2D eigenvalue weighted by Gasteiger charge is 2.35. The van der Waals surface area contributed by atoms with Crippen molar-refractivity contribution in [2.45, 2.75) is 65.8 Å². The van der Waals surface area contributed by atoms with Gasteiger partial charge in [-0.3, -0.25) is 0 Å². The molecule has 5 aromatic rings. The normalized spacial score (nSPS) is 13.5. The first-order valence-electron chi connectivity index (χ1n) is 16.3. The topological polar surface area (TPSA) is 102 Å². The molecule has 4 heterocycles. The highest BCUT2D eigenvalue weighted by atomic mass is 19.1. The number of aryl methyl sites for hydroxylation is 2. The van der Waals surface area contributed by atoms with Crippen LogP contribution in [0.1, 0.15) is 71.7 Å². The van der Waals surface area contributed by atoms with Crippen molar-refractivity contribution in [1.29, 1.82) is 0 Å². The molecule has 0 bridgehead atoms. The van der Waals surface area contributed by atoms with Gasteiger partial charge in [0.25, 0.3) is 0 Å². The Morgan fingerprint density at radius 2 is 1.84 bits per heavy atom. The van der Waals surface area contributed by atoms with Crippen LogP contribution in [-0.4, -0.2) is 45.8 Å². The summed E-state index contributed by atoms with van der Waals surface area (Å²) in [5, 5.41) is 0.675. The maximum Gasteiger partial charge on any atom is 0.357 e. The van der Waals surface area contributed by atoms with Crippen molar-refractivity contribution in [1.82, 2.24) is 14.5 Å². The van der Waals surface area contributed by atoms with Gasteiger partial charge in [0.05, 0.1) is 25.0 Å². The van der Waals surface area contributed by atoms with Crippen molar-refractivity contribution in [3.63, 3.8) is 0 Å². The summed E-state index contributed by atoms with van der Waals surface area (Å²) in [7, 11) is 3.19. The Bertz CT molecular complexity index is 2070. The van der Waals surface area contributed by atoms with Crippen LogP contribution in [0.3, 0.4) is 0 Å². The second-order valence-electron chi connectivity index (χ2n) is 13.2. The van der Waals surface area contributed by atoms with E-state index in [2.05, 4.69) is 4.98 Å². The number of benzene rings is 2. The molecule has 0 fully saturated rings. The molecule has 0 radical (unpaired) electrons. The van der Waals surface area contributed by atoms with Crippen LogP contribution in [0.4, 0.5) is 4.39 Å². The Balaban J connectivity index is 1.56. The van der Waals surface area contributed by atoms with Crippen molar-refractivity contribution in [3.8, 4) is 28.1 Å². The summed E-state index contributed by atoms with van der Waals surface area (Å²) in [6.07, 6.45) is 1.83. The van der Waals surface area contributed by atoms with E-state index < -0.39 is 29.5 Å². The molecule has 0 saturated carbocycles. The first-order valence-corrected chi connectivity index (χ1v) is 16.3. The Morgan fingerprint density at radius 3 is 2.55 bits per heavy atom. The fourth-order valence-corrected chi connectivity index (χ4v) is 6.45. The number of nitrogens with zero attached hydrogens (tertiary/aromatic N) is 3. The zero-order valence-electron chi connectivity index (χ0n) is 28.8. The monoisotopic (exact) mass is 665 g/mol.